The number of halogens is 1. The first-order valence-corrected chi connectivity index (χ1v) is 7.13. The Balaban J connectivity index is 2.04. The third kappa shape index (κ3) is 2.85. The minimum atomic E-state index is -1.05. The molecular formula is C17H10ClN3O2. The number of hydrogen-bond acceptors (Lipinski definition) is 5. The number of nitriles is 1. The maximum absolute atomic E-state index is 12.7. The number of hydrogen-bond donors (Lipinski definition) is 0. The standard InChI is InChI=1S/C17H10ClN3O2/c18-13-6-2-1-5-11(13)17-15(21-10-23-17)16(22)12(9-19)14-7-3-4-8-20-14/h1-8,10,12H. The van der Waals surface area contributed by atoms with Crippen LogP contribution in [0.15, 0.2) is 59.5 Å². The van der Waals surface area contributed by atoms with Crippen molar-refractivity contribution in [2.24, 2.45) is 0 Å². The first-order valence-electron chi connectivity index (χ1n) is 6.75. The summed E-state index contributed by atoms with van der Waals surface area (Å²) in [6, 6.07) is 14.0. The molecule has 5 nitrogen and oxygen atoms in total. The van der Waals surface area contributed by atoms with Gasteiger partial charge in [-0.15, -0.1) is 0 Å². The molecule has 0 spiro atoms. The molecule has 0 N–H and O–H groups in total. The van der Waals surface area contributed by atoms with Crippen molar-refractivity contribution < 1.29 is 9.21 Å². The molecule has 2 aromatic heterocycles. The van der Waals surface area contributed by atoms with Gasteiger partial charge in [-0.1, -0.05) is 29.8 Å². The molecule has 0 aliphatic rings. The van der Waals surface area contributed by atoms with E-state index in [2.05, 4.69) is 9.97 Å². The van der Waals surface area contributed by atoms with Crippen LogP contribution in [0.5, 0.6) is 0 Å². The minimum absolute atomic E-state index is 0.0651. The summed E-state index contributed by atoms with van der Waals surface area (Å²) in [7, 11) is 0. The third-order valence-electron chi connectivity index (χ3n) is 3.29. The van der Waals surface area contributed by atoms with E-state index < -0.39 is 11.7 Å². The maximum atomic E-state index is 12.7. The maximum Gasteiger partial charge on any atom is 0.208 e. The Hall–Kier alpha value is -2.97. The van der Waals surface area contributed by atoms with E-state index in [0.29, 0.717) is 16.3 Å². The fourth-order valence-corrected chi connectivity index (χ4v) is 2.42. The van der Waals surface area contributed by atoms with Crippen molar-refractivity contribution in [3.05, 3.63) is 71.5 Å². The second-order valence-corrected chi connectivity index (χ2v) is 5.10. The highest BCUT2D eigenvalue weighted by molar-refractivity contribution is 6.33. The van der Waals surface area contributed by atoms with E-state index in [9.17, 15) is 10.1 Å². The first kappa shape index (κ1) is 14.9. The van der Waals surface area contributed by atoms with Crippen LogP contribution in [0.2, 0.25) is 5.02 Å². The number of carbonyl (C=O) groups excluding carboxylic acids is 1. The van der Waals surface area contributed by atoms with Gasteiger partial charge in [0.05, 0.1) is 16.8 Å². The van der Waals surface area contributed by atoms with Gasteiger partial charge < -0.3 is 4.42 Å². The van der Waals surface area contributed by atoms with Crippen LogP contribution >= 0.6 is 11.6 Å². The van der Waals surface area contributed by atoms with Crippen LogP contribution in [-0.2, 0) is 0 Å². The number of benzene rings is 1. The Morgan fingerprint density at radius 3 is 2.65 bits per heavy atom. The lowest BCUT2D eigenvalue weighted by Gasteiger charge is -2.07. The summed E-state index contributed by atoms with van der Waals surface area (Å²) in [5.41, 5.74) is 0.983. The van der Waals surface area contributed by atoms with Crippen LogP contribution in [0.4, 0.5) is 0 Å². The van der Waals surface area contributed by atoms with Crippen LogP contribution in [-0.4, -0.2) is 15.8 Å². The van der Waals surface area contributed by atoms with Crippen LogP contribution in [0, 0.1) is 11.3 Å². The average Bonchev–Trinajstić information content (AvgIpc) is 3.06. The highest BCUT2D eigenvalue weighted by Crippen LogP contribution is 2.32. The summed E-state index contributed by atoms with van der Waals surface area (Å²) >= 11 is 6.15. The second kappa shape index (κ2) is 6.42. The highest BCUT2D eigenvalue weighted by atomic mass is 35.5. The molecule has 1 aromatic carbocycles. The molecule has 3 aromatic rings. The summed E-state index contributed by atoms with van der Waals surface area (Å²) in [4.78, 5) is 20.8. The lowest BCUT2D eigenvalue weighted by atomic mass is 9.96. The van der Waals surface area contributed by atoms with E-state index in [4.69, 9.17) is 16.0 Å². The van der Waals surface area contributed by atoms with Gasteiger partial charge in [0.1, 0.15) is 0 Å². The number of pyridine rings is 1. The molecule has 1 unspecified atom stereocenters. The molecule has 0 saturated heterocycles. The topological polar surface area (TPSA) is 79.8 Å². The van der Waals surface area contributed by atoms with E-state index in [0.717, 1.165) is 0 Å². The van der Waals surface area contributed by atoms with Crippen molar-refractivity contribution in [3.8, 4) is 17.4 Å². The molecule has 112 valence electrons. The highest BCUT2D eigenvalue weighted by Gasteiger charge is 2.29. The number of rotatable bonds is 4. The zero-order chi connectivity index (χ0) is 16.2. The van der Waals surface area contributed by atoms with E-state index in [1.165, 1.54) is 12.6 Å². The average molecular weight is 324 g/mol. The molecule has 0 aliphatic heterocycles. The van der Waals surface area contributed by atoms with E-state index in [-0.39, 0.29) is 11.5 Å². The van der Waals surface area contributed by atoms with E-state index in [1.807, 2.05) is 6.07 Å². The lowest BCUT2D eigenvalue weighted by molar-refractivity contribution is 0.0973. The molecule has 0 radical (unpaired) electrons. The van der Waals surface area contributed by atoms with Crippen molar-refractivity contribution in [2.75, 3.05) is 0 Å². The van der Waals surface area contributed by atoms with Crippen LogP contribution in [0.3, 0.4) is 0 Å². The van der Waals surface area contributed by atoms with Gasteiger partial charge in [-0.25, -0.2) is 4.98 Å². The van der Waals surface area contributed by atoms with Crippen molar-refractivity contribution in [2.45, 2.75) is 5.92 Å². The molecule has 23 heavy (non-hydrogen) atoms. The normalized spacial score (nSPS) is 11.7. The summed E-state index contributed by atoms with van der Waals surface area (Å²) in [6.07, 6.45) is 2.70. The van der Waals surface area contributed by atoms with Gasteiger partial charge in [0, 0.05) is 11.8 Å². The third-order valence-corrected chi connectivity index (χ3v) is 3.62. The molecule has 0 bridgehead atoms. The number of oxazole rings is 1. The number of aromatic nitrogens is 2. The largest absolute Gasteiger partial charge is 0.443 e. The van der Waals surface area contributed by atoms with Crippen molar-refractivity contribution in [1.29, 1.82) is 5.26 Å². The van der Waals surface area contributed by atoms with Crippen LogP contribution in [0.1, 0.15) is 22.1 Å². The predicted octanol–water partition coefficient (Wildman–Crippen LogP) is 3.88. The SMILES string of the molecule is N#CC(C(=O)c1ncoc1-c1ccccc1Cl)c1ccccn1. The van der Waals surface area contributed by atoms with Gasteiger partial charge in [0.15, 0.2) is 23.8 Å². The van der Waals surface area contributed by atoms with Crippen molar-refractivity contribution >= 4 is 17.4 Å². The van der Waals surface area contributed by atoms with E-state index in [1.54, 1.807) is 42.5 Å². The van der Waals surface area contributed by atoms with Gasteiger partial charge in [0.2, 0.25) is 5.78 Å². The summed E-state index contributed by atoms with van der Waals surface area (Å²) in [6.45, 7) is 0. The summed E-state index contributed by atoms with van der Waals surface area (Å²) in [5, 5.41) is 9.80. The second-order valence-electron chi connectivity index (χ2n) is 4.69. The molecule has 1 atom stereocenters. The molecule has 6 heteroatoms. The fraction of sp³-hybridized carbons (Fsp3) is 0.0588. The fourth-order valence-electron chi connectivity index (χ4n) is 2.20. The predicted molar refractivity (Wildman–Crippen MR) is 83.9 cm³/mol. The number of ketones is 1. The van der Waals surface area contributed by atoms with E-state index >= 15 is 0 Å². The molecule has 0 saturated carbocycles. The molecule has 0 amide bonds. The van der Waals surface area contributed by atoms with Gasteiger partial charge in [-0.2, -0.15) is 5.26 Å². The summed E-state index contributed by atoms with van der Waals surface area (Å²) in [5.74, 6) is -1.28. The monoisotopic (exact) mass is 323 g/mol. The Morgan fingerprint density at radius 2 is 1.96 bits per heavy atom. The van der Waals surface area contributed by atoms with Gasteiger partial charge >= 0.3 is 0 Å². The van der Waals surface area contributed by atoms with Crippen molar-refractivity contribution in [1.82, 2.24) is 9.97 Å². The molecule has 0 aliphatic carbocycles. The van der Waals surface area contributed by atoms with Crippen molar-refractivity contribution in [3.63, 3.8) is 0 Å². The molecule has 3 rings (SSSR count). The summed E-state index contributed by atoms with van der Waals surface area (Å²) < 4.78 is 5.34. The Kier molecular flexibility index (Phi) is 4.18. The minimum Gasteiger partial charge on any atom is -0.443 e. The number of carbonyl (C=O) groups is 1. The molecule has 0 fully saturated rings. The quantitative estimate of drug-likeness (QED) is 0.681. The number of Topliss-reactive ketones (excluding diaryl/α,β-unsaturated/α-hetero) is 1. The Morgan fingerprint density at radius 1 is 1.17 bits per heavy atom. The van der Waals surface area contributed by atoms with Crippen LogP contribution in [0.25, 0.3) is 11.3 Å². The lowest BCUT2D eigenvalue weighted by Crippen LogP contribution is -2.14. The van der Waals surface area contributed by atoms with Crippen LogP contribution < -0.4 is 0 Å². The van der Waals surface area contributed by atoms with Gasteiger partial charge in [0.25, 0.3) is 0 Å². The smallest absolute Gasteiger partial charge is 0.208 e. The zero-order valence-corrected chi connectivity index (χ0v) is 12.6. The zero-order valence-electron chi connectivity index (χ0n) is 11.8. The molecular weight excluding hydrogens is 314 g/mol. The Bertz CT molecular complexity index is 884. The van der Waals surface area contributed by atoms with Gasteiger partial charge in [-0.05, 0) is 24.3 Å². The Labute approximate surface area is 137 Å². The first-order chi connectivity index (χ1) is 11.2. The van der Waals surface area contributed by atoms with Gasteiger partial charge in [-0.3, -0.25) is 9.78 Å². The molecule has 2 heterocycles. The number of nitrogens with zero attached hydrogens (tertiary/aromatic N) is 3.